The summed E-state index contributed by atoms with van der Waals surface area (Å²) in [5, 5.41) is 8.73. The van der Waals surface area contributed by atoms with Gasteiger partial charge in [0.15, 0.2) is 0 Å². The normalized spacial score (nSPS) is 10.1. The van der Waals surface area contributed by atoms with Crippen LogP contribution in [0.5, 0.6) is 5.88 Å². The van der Waals surface area contributed by atoms with Crippen LogP contribution >= 0.6 is 0 Å². The first-order chi connectivity index (χ1) is 6.19. The van der Waals surface area contributed by atoms with E-state index in [1.54, 1.807) is 13.2 Å². The lowest BCUT2D eigenvalue weighted by molar-refractivity contribution is 0.295. The van der Waals surface area contributed by atoms with Crippen LogP contribution in [0.3, 0.4) is 0 Å². The predicted molar refractivity (Wildman–Crippen MR) is 46.8 cm³/mol. The molecule has 72 valence electrons. The van der Waals surface area contributed by atoms with Crippen LogP contribution in [0.2, 0.25) is 0 Å². The molecule has 1 N–H and O–H groups in total. The number of hydrogen-bond acceptors (Lipinski definition) is 4. The van der Waals surface area contributed by atoms with E-state index in [4.69, 9.17) is 9.84 Å². The third-order valence-corrected chi connectivity index (χ3v) is 1.70. The van der Waals surface area contributed by atoms with Crippen molar-refractivity contribution < 1.29 is 9.84 Å². The van der Waals surface area contributed by atoms with E-state index in [-0.39, 0.29) is 18.2 Å². The number of methoxy groups -OCH3 is 1. The molecule has 0 spiro atoms. The Morgan fingerprint density at radius 2 is 2.38 bits per heavy atom. The molecule has 0 aliphatic heterocycles. The molecule has 0 saturated heterocycles. The first kappa shape index (κ1) is 9.73. The Morgan fingerprint density at radius 1 is 1.69 bits per heavy atom. The number of nitrogens with zero attached hydrogens (tertiary/aromatic N) is 2. The maximum absolute atomic E-state index is 11.1. The lowest BCUT2D eigenvalue weighted by Gasteiger charge is -2.06. The van der Waals surface area contributed by atoms with Gasteiger partial charge in [0.05, 0.1) is 7.11 Å². The molecule has 0 aliphatic carbocycles. The zero-order chi connectivity index (χ0) is 9.84. The largest absolute Gasteiger partial charge is 0.481 e. The highest BCUT2D eigenvalue weighted by Gasteiger charge is 2.06. The summed E-state index contributed by atoms with van der Waals surface area (Å²) in [6, 6.07) is 0. The molecule has 5 heteroatoms. The van der Waals surface area contributed by atoms with E-state index in [2.05, 4.69) is 4.98 Å². The van der Waals surface area contributed by atoms with Crippen molar-refractivity contribution in [2.45, 2.75) is 6.42 Å². The second-order valence-corrected chi connectivity index (χ2v) is 2.64. The molecule has 0 amide bonds. The van der Waals surface area contributed by atoms with Crippen molar-refractivity contribution >= 4 is 0 Å². The molecule has 5 nitrogen and oxygen atoms in total. The van der Waals surface area contributed by atoms with Gasteiger partial charge in [-0.05, 0) is 0 Å². The zero-order valence-electron chi connectivity index (χ0n) is 7.65. The fraction of sp³-hybridized carbons (Fsp3) is 0.500. The number of rotatable bonds is 3. The minimum atomic E-state index is -0.362. The second-order valence-electron chi connectivity index (χ2n) is 2.64. The zero-order valence-corrected chi connectivity index (χ0v) is 7.65. The van der Waals surface area contributed by atoms with Crippen molar-refractivity contribution in [3.8, 4) is 5.88 Å². The first-order valence-electron chi connectivity index (χ1n) is 3.90. The van der Waals surface area contributed by atoms with Gasteiger partial charge in [0.1, 0.15) is 0 Å². The van der Waals surface area contributed by atoms with Crippen LogP contribution in [0.1, 0.15) is 5.56 Å². The van der Waals surface area contributed by atoms with Gasteiger partial charge in [-0.3, -0.25) is 0 Å². The predicted octanol–water partition coefficient (Wildman–Crippen LogP) is -0.676. The average Bonchev–Trinajstić information content (AvgIpc) is 2.11. The summed E-state index contributed by atoms with van der Waals surface area (Å²) in [6.07, 6.45) is 2.05. The van der Waals surface area contributed by atoms with Crippen LogP contribution in [-0.2, 0) is 13.5 Å². The molecule has 13 heavy (non-hydrogen) atoms. The molecular weight excluding hydrogens is 172 g/mol. The summed E-state index contributed by atoms with van der Waals surface area (Å²) in [5.74, 6) is 0.289. The van der Waals surface area contributed by atoms with Crippen molar-refractivity contribution in [3.63, 3.8) is 0 Å². The highest BCUT2D eigenvalue weighted by atomic mass is 16.5. The number of ether oxygens (including phenoxy) is 1. The summed E-state index contributed by atoms with van der Waals surface area (Å²) < 4.78 is 6.25. The van der Waals surface area contributed by atoms with Gasteiger partial charge in [-0.2, -0.15) is 4.98 Å². The molecular formula is C8H12N2O3. The number of aryl methyl sites for hydroxylation is 1. The van der Waals surface area contributed by atoms with Gasteiger partial charge in [0.25, 0.3) is 0 Å². The van der Waals surface area contributed by atoms with Gasteiger partial charge in [-0.25, -0.2) is 4.79 Å². The quantitative estimate of drug-likeness (QED) is 0.676. The third-order valence-electron chi connectivity index (χ3n) is 1.70. The highest BCUT2D eigenvalue weighted by molar-refractivity contribution is 5.22. The molecule has 0 fully saturated rings. The molecule has 0 atom stereocenters. The van der Waals surface area contributed by atoms with Crippen LogP contribution in [0.25, 0.3) is 0 Å². The van der Waals surface area contributed by atoms with Crippen LogP contribution in [0, 0.1) is 0 Å². The summed E-state index contributed by atoms with van der Waals surface area (Å²) in [6.45, 7) is 0.0102. The summed E-state index contributed by atoms with van der Waals surface area (Å²) >= 11 is 0. The van der Waals surface area contributed by atoms with Gasteiger partial charge in [0.2, 0.25) is 5.88 Å². The fourth-order valence-corrected chi connectivity index (χ4v) is 1.05. The van der Waals surface area contributed by atoms with E-state index < -0.39 is 0 Å². The van der Waals surface area contributed by atoms with E-state index in [0.29, 0.717) is 6.42 Å². The number of aromatic nitrogens is 2. The summed E-state index contributed by atoms with van der Waals surface area (Å²) in [4.78, 5) is 14.7. The fourth-order valence-electron chi connectivity index (χ4n) is 1.05. The summed E-state index contributed by atoms with van der Waals surface area (Å²) in [7, 11) is 3.05. The SMILES string of the molecule is COc1nc(=O)n(C)cc1CCO. The first-order valence-corrected chi connectivity index (χ1v) is 3.90. The Labute approximate surface area is 75.6 Å². The van der Waals surface area contributed by atoms with Gasteiger partial charge >= 0.3 is 5.69 Å². The van der Waals surface area contributed by atoms with E-state index in [0.717, 1.165) is 5.56 Å². The standard InChI is InChI=1S/C8H12N2O3/c1-10-5-6(3-4-11)7(13-2)9-8(10)12/h5,11H,3-4H2,1-2H3. The molecule has 0 saturated carbocycles. The van der Waals surface area contributed by atoms with Crippen LogP contribution in [0.4, 0.5) is 0 Å². The minimum Gasteiger partial charge on any atom is -0.481 e. The van der Waals surface area contributed by atoms with Crippen LogP contribution in [-0.4, -0.2) is 28.4 Å². The van der Waals surface area contributed by atoms with E-state index in [9.17, 15) is 4.79 Å². The van der Waals surface area contributed by atoms with Gasteiger partial charge in [-0.1, -0.05) is 0 Å². The van der Waals surface area contributed by atoms with Crippen molar-refractivity contribution in [3.05, 3.63) is 22.2 Å². The highest BCUT2D eigenvalue weighted by Crippen LogP contribution is 2.11. The van der Waals surface area contributed by atoms with Crippen molar-refractivity contribution in [2.24, 2.45) is 7.05 Å². The Bertz CT molecular complexity index is 346. The maximum atomic E-state index is 11.1. The molecule has 0 radical (unpaired) electrons. The molecule has 1 aromatic rings. The second kappa shape index (κ2) is 4.04. The Balaban J connectivity index is 3.16. The Kier molecular flexibility index (Phi) is 3.02. The van der Waals surface area contributed by atoms with Gasteiger partial charge < -0.3 is 14.4 Å². The summed E-state index contributed by atoms with van der Waals surface area (Å²) in [5.41, 5.74) is 0.366. The van der Waals surface area contributed by atoms with Gasteiger partial charge in [-0.15, -0.1) is 0 Å². The minimum absolute atomic E-state index is 0.0102. The van der Waals surface area contributed by atoms with E-state index >= 15 is 0 Å². The molecule has 0 aliphatic rings. The molecule has 0 bridgehead atoms. The van der Waals surface area contributed by atoms with Crippen LogP contribution < -0.4 is 10.4 Å². The Hall–Kier alpha value is -1.36. The molecule has 0 aromatic carbocycles. The van der Waals surface area contributed by atoms with E-state index in [1.165, 1.54) is 11.7 Å². The lowest BCUT2D eigenvalue weighted by atomic mass is 10.2. The van der Waals surface area contributed by atoms with Crippen molar-refractivity contribution in [2.75, 3.05) is 13.7 Å². The molecule has 0 unspecified atom stereocenters. The van der Waals surface area contributed by atoms with Crippen LogP contribution in [0.15, 0.2) is 11.0 Å². The third kappa shape index (κ3) is 2.06. The number of hydrogen-bond donors (Lipinski definition) is 1. The monoisotopic (exact) mass is 184 g/mol. The molecule has 1 aromatic heterocycles. The maximum Gasteiger partial charge on any atom is 0.350 e. The molecule has 1 rings (SSSR count). The number of aliphatic hydroxyl groups is 1. The van der Waals surface area contributed by atoms with E-state index in [1.807, 2.05) is 0 Å². The average molecular weight is 184 g/mol. The van der Waals surface area contributed by atoms with Crippen molar-refractivity contribution in [1.29, 1.82) is 0 Å². The lowest BCUT2D eigenvalue weighted by Crippen LogP contribution is -2.21. The number of aliphatic hydroxyl groups excluding tert-OH is 1. The molecule has 1 heterocycles. The smallest absolute Gasteiger partial charge is 0.350 e. The van der Waals surface area contributed by atoms with Gasteiger partial charge in [0, 0.05) is 31.8 Å². The topological polar surface area (TPSA) is 64.3 Å². The Morgan fingerprint density at radius 3 is 2.92 bits per heavy atom. The van der Waals surface area contributed by atoms with Crippen molar-refractivity contribution in [1.82, 2.24) is 9.55 Å².